The Morgan fingerprint density at radius 3 is 2.32 bits per heavy atom. The maximum Gasteiger partial charge on any atom is 0.344 e. The molecule has 0 aliphatic rings. The summed E-state index contributed by atoms with van der Waals surface area (Å²) in [7, 11) is 0. The second-order valence-corrected chi connectivity index (χ2v) is 6.09. The molecule has 0 amide bonds. The fraction of sp³-hybridized carbons (Fsp3) is 0.350. The summed E-state index contributed by atoms with van der Waals surface area (Å²) in [5, 5.41) is 22.5. The second-order valence-electron chi connectivity index (χ2n) is 6.09. The van der Waals surface area contributed by atoms with E-state index in [1.54, 1.807) is 12.1 Å². The Morgan fingerprint density at radius 1 is 1.08 bits per heavy atom. The quantitative estimate of drug-likeness (QED) is 0.652. The average molecular weight is 343 g/mol. The average Bonchev–Trinajstić information content (AvgIpc) is 2.63. The summed E-state index contributed by atoms with van der Waals surface area (Å²) < 4.78 is 5.31. The van der Waals surface area contributed by atoms with Crippen LogP contribution in [0.3, 0.4) is 0 Å². The Bertz CT molecular complexity index is 657. The topological polar surface area (TPSA) is 78.8 Å². The molecular formula is C20H25NO4. The zero-order valence-corrected chi connectivity index (χ0v) is 14.6. The molecule has 0 heterocycles. The van der Waals surface area contributed by atoms with Gasteiger partial charge in [-0.1, -0.05) is 42.5 Å². The van der Waals surface area contributed by atoms with E-state index in [0.29, 0.717) is 5.75 Å². The van der Waals surface area contributed by atoms with Crippen LogP contribution < -0.4 is 10.1 Å². The monoisotopic (exact) mass is 343 g/mol. The molecule has 0 aliphatic heterocycles. The van der Waals surface area contributed by atoms with Gasteiger partial charge in [-0.05, 0) is 50.1 Å². The molecule has 0 bridgehead atoms. The van der Waals surface area contributed by atoms with Crippen LogP contribution in [0.2, 0.25) is 0 Å². The first-order chi connectivity index (χ1) is 12.0. The Labute approximate surface area is 148 Å². The number of nitrogens with one attached hydrogen (secondary N) is 1. The summed E-state index contributed by atoms with van der Waals surface area (Å²) in [4.78, 5) is 10.8. The molecular weight excluding hydrogens is 318 g/mol. The number of carbonyl (C=O) groups is 1. The van der Waals surface area contributed by atoms with Crippen molar-refractivity contribution >= 4 is 5.97 Å². The predicted octanol–water partition coefficient (Wildman–Crippen LogP) is 2.79. The molecule has 0 aliphatic carbocycles. The molecule has 2 rings (SSSR count). The lowest BCUT2D eigenvalue weighted by molar-refractivity contribution is -0.144. The highest BCUT2D eigenvalue weighted by atomic mass is 16.5. The standard InChI is InChI=1S/C20H25NO4/c1-14(19(22)17-6-4-3-5-7-17)21-13-12-16-8-10-18(11-9-16)25-15(2)20(23)24/h3-11,14-15,19,21-22H,12-13H2,1-2H3,(H,23,24)/t14?,15-,19?/m1/s1. The third-order valence-corrected chi connectivity index (χ3v) is 4.08. The lowest BCUT2D eigenvalue weighted by atomic mass is 10.0. The van der Waals surface area contributed by atoms with Gasteiger partial charge in [-0.25, -0.2) is 4.79 Å². The second kappa shape index (κ2) is 9.20. The summed E-state index contributed by atoms with van der Waals surface area (Å²) in [6.45, 7) is 4.19. The number of rotatable bonds is 9. The fourth-order valence-electron chi connectivity index (χ4n) is 2.48. The summed E-state index contributed by atoms with van der Waals surface area (Å²) in [5.74, 6) is -0.446. The molecule has 0 aromatic heterocycles. The van der Waals surface area contributed by atoms with Crippen LogP contribution in [0.25, 0.3) is 0 Å². The minimum absolute atomic E-state index is 0.0542. The number of carboxylic acid groups (broad SMARTS) is 1. The Balaban J connectivity index is 1.78. The van der Waals surface area contributed by atoms with Gasteiger partial charge in [0.05, 0.1) is 6.10 Å². The number of hydrogen-bond donors (Lipinski definition) is 3. The number of hydrogen-bond acceptors (Lipinski definition) is 4. The van der Waals surface area contributed by atoms with Crippen LogP contribution in [-0.4, -0.2) is 34.9 Å². The van der Waals surface area contributed by atoms with E-state index in [0.717, 1.165) is 24.1 Å². The zero-order chi connectivity index (χ0) is 18.2. The van der Waals surface area contributed by atoms with Gasteiger partial charge in [-0.2, -0.15) is 0 Å². The largest absolute Gasteiger partial charge is 0.479 e. The van der Waals surface area contributed by atoms with Crippen LogP contribution in [0.5, 0.6) is 5.75 Å². The first kappa shape index (κ1) is 19.0. The van der Waals surface area contributed by atoms with E-state index < -0.39 is 18.2 Å². The van der Waals surface area contributed by atoms with Crippen LogP contribution in [-0.2, 0) is 11.2 Å². The molecule has 5 heteroatoms. The SMILES string of the molecule is CC(NCCc1ccc(O[C@H](C)C(=O)O)cc1)C(O)c1ccccc1. The minimum atomic E-state index is -0.987. The molecule has 0 saturated carbocycles. The Morgan fingerprint density at radius 2 is 1.72 bits per heavy atom. The van der Waals surface area contributed by atoms with Gasteiger partial charge >= 0.3 is 5.97 Å². The number of carboxylic acids is 1. The molecule has 2 unspecified atom stereocenters. The van der Waals surface area contributed by atoms with E-state index >= 15 is 0 Å². The van der Waals surface area contributed by atoms with Gasteiger partial charge in [-0.3, -0.25) is 0 Å². The highest BCUT2D eigenvalue weighted by Gasteiger charge is 2.15. The van der Waals surface area contributed by atoms with E-state index in [1.165, 1.54) is 6.92 Å². The van der Waals surface area contributed by atoms with Gasteiger partial charge in [0.1, 0.15) is 5.75 Å². The minimum Gasteiger partial charge on any atom is -0.479 e. The van der Waals surface area contributed by atoms with E-state index in [1.807, 2.05) is 49.4 Å². The molecule has 0 saturated heterocycles. The van der Waals surface area contributed by atoms with Crippen molar-refractivity contribution in [2.45, 2.75) is 38.5 Å². The lowest BCUT2D eigenvalue weighted by Gasteiger charge is -2.20. The van der Waals surface area contributed by atoms with Crippen molar-refractivity contribution in [3.63, 3.8) is 0 Å². The van der Waals surface area contributed by atoms with Crippen molar-refractivity contribution in [1.29, 1.82) is 0 Å². The maximum absolute atomic E-state index is 10.8. The van der Waals surface area contributed by atoms with Crippen molar-refractivity contribution in [2.75, 3.05) is 6.54 Å². The molecule has 25 heavy (non-hydrogen) atoms. The van der Waals surface area contributed by atoms with Crippen molar-refractivity contribution < 1.29 is 19.7 Å². The number of aliphatic hydroxyl groups excluding tert-OH is 1. The predicted molar refractivity (Wildman–Crippen MR) is 96.7 cm³/mol. The normalized spacial score (nSPS) is 14.5. The first-order valence-corrected chi connectivity index (χ1v) is 8.42. The van der Waals surface area contributed by atoms with Gasteiger partial charge in [0, 0.05) is 6.04 Å². The molecule has 5 nitrogen and oxygen atoms in total. The summed E-state index contributed by atoms with van der Waals surface area (Å²) >= 11 is 0. The summed E-state index contributed by atoms with van der Waals surface area (Å²) in [6, 6.07) is 16.9. The Kier molecular flexibility index (Phi) is 6.98. The molecule has 0 spiro atoms. The van der Waals surface area contributed by atoms with E-state index in [-0.39, 0.29) is 6.04 Å². The van der Waals surface area contributed by atoms with Crippen LogP contribution in [0, 0.1) is 0 Å². The number of benzene rings is 2. The number of ether oxygens (including phenoxy) is 1. The molecule has 3 N–H and O–H groups in total. The van der Waals surface area contributed by atoms with Crippen molar-refractivity contribution in [1.82, 2.24) is 5.32 Å². The molecule has 0 radical (unpaired) electrons. The van der Waals surface area contributed by atoms with Crippen LogP contribution in [0.4, 0.5) is 0 Å². The summed E-state index contributed by atoms with van der Waals surface area (Å²) in [6.07, 6.45) is -0.608. The van der Waals surface area contributed by atoms with Crippen molar-refractivity contribution in [3.8, 4) is 5.75 Å². The molecule has 134 valence electrons. The van der Waals surface area contributed by atoms with Crippen molar-refractivity contribution in [2.24, 2.45) is 0 Å². The zero-order valence-electron chi connectivity index (χ0n) is 14.6. The van der Waals surface area contributed by atoms with Gasteiger partial charge < -0.3 is 20.3 Å². The smallest absolute Gasteiger partial charge is 0.344 e. The van der Waals surface area contributed by atoms with Gasteiger partial charge in [0.15, 0.2) is 6.10 Å². The first-order valence-electron chi connectivity index (χ1n) is 8.42. The van der Waals surface area contributed by atoms with E-state index in [9.17, 15) is 9.90 Å². The Hall–Kier alpha value is -2.37. The molecule has 3 atom stereocenters. The maximum atomic E-state index is 10.8. The third-order valence-electron chi connectivity index (χ3n) is 4.08. The lowest BCUT2D eigenvalue weighted by Crippen LogP contribution is -2.33. The number of aliphatic hydroxyl groups is 1. The molecule has 0 fully saturated rings. The number of aliphatic carboxylic acids is 1. The van der Waals surface area contributed by atoms with Crippen LogP contribution >= 0.6 is 0 Å². The fourth-order valence-corrected chi connectivity index (χ4v) is 2.48. The highest BCUT2D eigenvalue weighted by molar-refractivity contribution is 5.72. The highest BCUT2D eigenvalue weighted by Crippen LogP contribution is 2.17. The van der Waals surface area contributed by atoms with Crippen molar-refractivity contribution in [3.05, 3.63) is 65.7 Å². The van der Waals surface area contributed by atoms with Crippen LogP contribution in [0.1, 0.15) is 31.1 Å². The summed E-state index contributed by atoms with van der Waals surface area (Å²) in [5.41, 5.74) is 2.01. The van der Waals surface area contributed by atoms with Gasteiger partial charge in [-0.15, -0.1) is 0 Å². The van der Waals surface area contributed by atoms with Crippen LogP contribution in [0.15, 0.2) is 54.6 Å². The third kappa shape index (κ3) is 5.89. The van der Waals surface area contributed by atoms with E-state index in [2.05, 4.69) is 5.32 Å². The van der Waals surface area contributed by atoms with E-state index in [4.69, 9.17) is 9.84 Å². The van der Waals surface area contributed by atoms with Gasteiger partial charge in [0.2, 0.25) is 0 Å². The molecule has 2 aromatic carbocycles. The van der Waals surface area contributed by atoms with Gasteiger partial charge in [0.25, 0.3) is 0 Å². The molecule has 2 aromatic rings.